The fraction of sp³-hybridized carbons (Fsp3) is 0.235. The third kappa shape index (κ3) is 2.90. The number of carbonyl (C=O) groups is 1. The van der Waals surface area contributed by atoms with Crippen molar-refractivity contribution in [3.8, 4) is 0 Å². The molecule has 0 radical (unpaired) electrons. The van der Waals surface area contributed by atoms with Gasteiger partial charge in [-0.3, -0.25) is 4.79 Å². The van der Waals surface area contributed by atoms with E-state index in [1.54, 1.807) is 12.1 Å². The van der Waals surface area contributed by atoms with Crippen LogP contribution in [0, 0.1) is 26.6 Å². The third-order valence-corrected chi connectivity index (χ3v) is 3.40. The Kier molecular flexibility index (Phi) is 3.79. The van der Waals surface area contributed by atoms with Crippen LogP contribution in [-0.4, -0.2) is 5.78 Å². The standard InChI is InChI=1S/C17H17FO/c1-11-7-8-16(18)15(9-11)17(19)10-14-12(2)5-4-6-13(14)3/h4-9H,10H2,1-3H3. The lowest BCUT2D eigenvalue weighted by Gasteiger charge is -2.09. The number of hydrogen-bond acceptors (Lipinski definition) is 1. The average molecular weight is 256 g/mol. The minimum Gasteiger partial charge on any atom is -0.294 e. The number of Topliss-reactive ketones (excluding diaryl/α,β-unsaturated/α-hetero) is 1. The molecule has 2 heteroatoms. The fourth-order valence-corrected chi connectivity index (χ4v) is 2.24. The molecule has 0 amide bonds. The van der Waals surface area contributed by atoms with Crippen molar-refractivity contribution in [1.82, 2.24) is 0 Å². The van der Waals surface area contributed by atoms with Gasteiger partial charge >= 0.3 is 0 Å². The predicted molar refractivity (Wildman–Crippen MR) is 75.1 cm³/mol. The lowest BCUT2D eigenvalue weighted by molar-refractivity contribution is 0.0988. The quantitative estimate of drug-likeness (QED) is 0.753. The Labute approximate surface area is 113 Å². The highest BCUT2D eigenvalue weighted by Crippen LogP contribution is 2.18. The number of carbonyl (C=O) groups excluding carboxylic acids is 1. The summed E-state index contributed by atoms with van der Waals surface area (Å²) in [5.41, 5.74) is 4.21. The van der Waals surface area contributed by atoms with Crippen LogP contribution in [0.2, 0.25) is 0 Å². The number of hydrogen-bond donors (Lipinski definition) is 0. The number of aryl methyl sites for hydroxylation is 3. The highest BCUT2D eigenvalue weighted by atomic mass is 19.1. The number of halogens is 1. The van der Waals surface area contributed by atoms with Crippen molar-refractivity contribution in [3.05, 3.63) is 70.0 Å². The molecule has 0 bridgehead atoms. The maximum atomic E-state index is 13.7. The van der Waals surface area contributed by atoms with Crippen LogP contribution in [0.1, 0.15) is 32.6 Å². The van der Waals surface area contributed by atoms with Crippen molar-refractivity contribution in [3.63, 3.8) is 0 Å². The van der Waals surface area contributed by atoms with E-state index < -0.39 is 5.82 Å². The van der Waals surface area contributed by atoms with E-state index >= 15 is 0 Å². The van der Waals surface area contributed by atoms with E-state index in [2.05, 4.69) is 0 Å². The smallest absolute Gasteiger partial charge is 0.170 e. The Balaban J connectivity index is 2.34. The molecule has 2 rings (SSSR count). The summed E-state index contributed by atoms with van der Waals surface area (Å²) in [5.74, 6) is -0.611. The molecule has 0 saturated heterocycles. The van der Waals surface area contributed by atoms with Gasteiger partial charge in [0.2, 0.25) is 0 Å². The second kappa shape index (κ2) is 5.35. The van der Waals surface area contributed by atoms with Gasteiger partial charge in [-0.05, 0) is 49.6 Å². The maximum Gasteiger partial charge on any atom is 0.170 e. The van der Waals surface area contributed by atoms with Crippen molar-refractivity contribution < 1.29 is 9.18 Å². The molecule has 0 atom stereocenters. The Morgan fingerprint density at radius 1 is 1.05 bits per heavy atom. The van der Waals surface area contributed by atoms with Gasteiger partial charge in [0.15, 0.2) is 5.78 Å². The fourth-order valence-electron chi connectivity index (χ4n) is 2.24. The summed E-state index contributed by atoms with van der Waals surface area (Å²) in [7, 11) is 0. The van der Waals surface area contributed by atoms with Crippen LogP contribution in [0.3, 0.4) is 0 Å². The van der Waals surface area contributed by atoms with Gasteiger partial charge in [0, 0.05) is 6.42 Å². The first-order valence-electron chi connectivity index (χ1n) is 6.33. The van der Waals surface area contributed by atoms with Crippen LogP contribution in [0.15, 0.2) is 36.4 Å². The van der Waals surface area contributed by atoms with Gasteiger partial charge in [0.25, 0.3) is 0 Å². The molecule has 19 heavy (non-hydrogen) atoms. The lowest BCUT2D eigenvalue weighted by Crippen LogP contribution is -2.08. The molecule has 1 nitrogen and oxygen atoms in total. The number of benzene rings is 2. The summed E-state index contributed by atoms with van der Waals surface area (Å²) in [6.45, 7) is 5.81. The predicted octanol–water partition coefficient (Wildman–Crippen LogP) is 4.18. The summed E-state index contributed by atoms with van der Waals surface area (Å²) in [4.78, 5) is 12.3. The van der Waals surface area contributed by atoms with E-state index in [1.165, 1.54) is 6.07 Å². The van der Waals surface area contributed by atoms with Crippen molar-refractivity contribution in [2.24, 2.45) is 0 Å². The van der Waals surface area contributed by atoms with Crippen molar-refractivity contribution in [2.75, 3.05) is 0 Å². The van der Waals surface area contributed by atoms with Gasteiger partial charge in [0.1, 0.15) is 5.82 Å². The highest BCUT2D eigenvalue weighted by Gasteiger charge is 2.14. The summed E-state index contributed by atoms with van der Waals surface area (Å²) in [5, 5.41) is 0. The molecule has 0 N–H and O–H groups in total. The topological polar surface area (TPSA) is 17.1 Å². The molecule has 0 fully saturated rings. The molecule has 0 aromatic heterocycles. The zero-order chi connectivity index (χ0) is 14.0. The molecule has 0 aliphatic heterocycles. The molecule has 0 aliphatic carbocycles. The third-order valence-electron chi connectivity index (χ3n) is 3.40. The molecule has 2 aromatic carbocycles. The van der Waals surface area contributed by atoms with Gasteiger partial charge in [0.05, 0.1) is 5.56 Å². The molecule has 2 aromatic rings. The first kappa shape index (κ1) is 13.5. The van der Waals surface area contributed by atoms with Crippen LogP contribution in [-0.2, 0) is 6.42 Å². The Morgan fingerprint density at radius 3 is 2.32 bits per heavy atom. The Bertz CT molecular complexity index is 609. The zero-order valence-electron chi connectivity index (χ0n) is 11.5. The van der Waals surface area contributed by atoms with Crippen LogP contribution < -0.4 is 0 Å². The van der Waals surface area contributed by atoms with Gasteiger partial charge in [-0.1, -0.05) is 29.8 Å². The zero-order valence-corrected chi connectivity index (χ0v) is 11.5. The first-order chi connectivity index (χ1) is 8.99. The molecule has 98 valence electrons. The first-order valence-corrected chi connectivity index (χ1v) is 6.33. The van der Waals surface area contributed by atoms with E-state index in [-0.39, 0.29) is 17.8 Å². The highest BCUT2D eigenvalue weighted by molar-refractivity contribution is 5.98. The van der Waals surface area contributed by atoms with Gasteiger partial charge in [-0.25, -0.2) is 4.39 Å². The second-order valence-electron chi connectivity index (χ2n) is 4.95. The summed E-state index contributed by atoms with van der Waals surface area (Å²) in [6, 6.07) is 10.6. The van der Waals surface area contributed by atoms with Crippen molar-refractivity contribution in [2.45, 2.75) is 27.2 Å². The molecular formula is C17H17FO. The van der Waals surface area contributed by atoms with Gasteiger partial charge in [-0.2, -0.15) is 0 Å². The maximum absolute atomic E-state index is 13.7. The van der Waals surface area contributed by atoms with Gasteiger partial charge in [-0.15, -0.1) is 0 Å². The van der Waals surface area contributed by atoms with E-state index in [1.807, 2.05) is 39.0 Å². The molecular weight excluding hydrogens is 239 g/mol. The second-order valence-corrected chi connectivity index (χ2v) is 4.95. The summed E-state index contributed by atoms with van der Waals surface area (Å²) >= 11 is 0. The van der Waals surface area contributed by atoms with E-state index in [0.29, 0.717) is 0 Å². The van der Waals surface area contributed by atoms with Crippen LogP contribution in [0.25, 0.3) is 0 Å². The SMILES string of the molecule is Cc1ccc(F)c(C(=O)Cc2c(C)cccc2C)c1. The molecule has 0 aliphatic rings. The van der Waals surface area contributed by atoms with E-state index in [9.17, 15) is 9.18 Å². The number of rotatable bonds is 3. The number of ketones is 1. The molecule has 0 unspecified atom stereocenters. The van der Waals surface area contributed by atoms with Crippen LogP contribution in [0.5, 0.6) is 0 Å². The summed E-state index contributed by atoms with van der Waals surface area (Å²) < 4.78 is 13.7. The monoisotopic (exact) mass is 256 g/mol. The Morgan fingerprint density at radius 2 is 1.68 bits per heavy atom. The van der Waals surface area contributed by atoms with E-state index in [4.69, 9.17) is 0 Å². The van der Waals surface area contributed by atoms with Crippen LogP contribution >= 0.6 is 0 Å². The van der Waals surface area contributed by atoms with Crippen molar-refractivity contribution in [1.29, 1.82) is 0 Å². The van der Waals surface area contributed by atoms with E-state index in [0.717, 1.165) is 22.3 Å². The summed E-state index contributed by atoms with van der Waals surface area (Å²) in [6.07, 6.45) is 0.249. The lowest BCUT2D eigenvalue weighted by atomic mass is 9.95. The minimum atomic E-state index is -0.443. The minimum absolute atomic E-state index is 0.168. The molecule has 0 saturated carbocycles. The van der Waals surface area contributed by atoms with Crippen molar-refractivity contribution >= 4 is 5.78 Å². The van der Waals surface area contributed by atoms with Crippen LogP contribution in [0.4, 0.5) is 4.39 Å². The largest absolute Gasteiger partial charge is 0.294 e. The van der Waals surface area contributed by atoms with Gasteiger partial charge < -0.3 is 0 Å². The molecule has 0 spiro atoms. The Hall–Kier alpha value is -1.96. The molecule has 0 heterocycles. The normalized spacial score (nSPS) is 10.5. The average Bonchev–Trinajstić information content (AvgIpc) is 2.37.